The largest absolute Gasteiger partial charge is 0.462 e. The van der Waals surface area contributed by atoms with Crippen LogP contribution in [0.5, 0.6) is 0 Å². The molecule has 20 heavy (non-hydrogen) atoms. The molecule has 1 aromatic rings. The zero-order valence-electron chi connectivity index (χ0n) is 11.5. The average Bonchev–Trinajstić information content (AvgIpc) is 2.89. The summed E-state index contributed by atoms with van der Waals surface area (Å²) in [6.07, 6.45) is 1.63. The standard InChI is InChI=1S/C14H19N3O3/c1-2-20-14(19)10-8-9(5-6-11(10)15)17-7-3-4-12(17)13(16)18/h5-6,8,12H,2-4,7,15H2,1H3,(H2,16,18). The number of carbonyl (C=O) groups excluding carboxylic acids is 2. The van der Waals surface area contributed by atoms with Crippen LogP contribution < -0.4 is 16.4 Å². The maximum Gasteiger partial charge on any atom is 0.340 e. The normalized spacial score (nSPS) is 18.1. The number of nitrogen functional groups attached to an aromatic ring is 1. The predicted molar refractivity (Wildman–Crippen MR) is 76.4 cm³/mol. The van der Waals surface area contributed by atoms with Gasteiger partial charge < -0.3 is 21.1 Å². The minimum atomic E-state index is -0.457. The van der Waals surface area contributed by atoms with E-state index < -0.39 is 5.97 Å². The maximum atomic E-state index is 11.8. The number of ether oxygens (including phenoxy) is 1. The third-order valence-electron chi connectivity index (χ3n) is 3.45. The van der Waals surface area contributed by atoms with Crippen LogP contribution in [0, 0.1) is 0 Å². The van der Waals surface area contributed by atoms with Crippen molar-refractivity contribution >= 4 is 23.3 Å². The molecule has 4 N–H and O–H groups in total. The summed E-state index contributed by atoms with van der Waals surface area (Å²) in [6, 6.07) is 4.78. The van der Waals surface area contributed by atoms with Gasteiger partial charge in [0.05, 0.1) is 12.2 Å². The lowest BCUT2D eigenvalue weighted by Crippen LogP contribution is -2.40. The van der Waals surface area contributed by atoms with Crippen molar-refractivity contribution in [3.05, 3.63) is 23.8 Å². The van der Waals surface area contributed by atoms with E-state index in [2.05, 4.69) is 0 Å². The Morgan fingerprint density at radius 2 is 2.20 bits per heavy atom. The zero-order chi connectivity index (χ0) is 14.7. The molecule has 1 saturated heterocycles. The third-order valence-corrected chi connectivity index (χ3v) is 3.45. The lowest BCUT2D eigenvalue weighted by molar-refractivity contribution is -0.119. The molecule has 6 nitrogen and oxygen atoms in total. The first-order valence-corrected chi connectivity index (χ1v) is 6.67. The highest BCUT2D eigenvalue weighted by atomic mass is 16.5. The Morgan fingerprint density at radius 1 is 1.45 bits per heavy atom. The summed E-state index contributed by atoms with van der Waals surface area (Å²) in [5.74, 6) is -0.807. The number of esters is 1. The van der Waals surface area contributed by atoms with Gasteiger partial charge in [-0.3, -0.25) is 4.79 Å². The van der Waals surface area contributed by atoms with Gasteiger partial charge in [0.2, 0.25) is 5.91 Å². The van der Waals surface area contributed by atoms with Gasteiger partial charge in [0, 0.05) is 17.9 Å². The van der Waals surface area contributed by atoms with Crippen LogP contribution in [0.15, 0.2) is 18.2 Å². The minimum absolute atomic E-state index is 0.288. The number of anilines is 2. The van der Waals surface area contributed by atoms with Crippen molar-refractivity contribution in [2.45, 2.75) is 25.8 Å². The second-order valence-electron chi connectivity index (χ2n) is 4.75. The quantitative estimate of drug-likeness (QED) is 0.629. The Balaban J connectivity index is 2.31. The molecule has 0 aromatic heterocycles. The summed E-state index contributed by atoms with van der Waals surface area (Å²) in [6.45, 7) is 2.76. The second kappa shape index (κ2) is 5.81. The molecular formula is C14H19N3O3. The van der Waals surface area contributed by atoms with Crippen molar-refractivity contribution in [1.29, 1.82) is 0 Å². The van der Waals surface area contributed by atoms with Crippen molar-refractivity contribution in [1.82, 2.24) is 0 Å². The monoisotopic (exact) mass is 277 g/mol. The number of hydrogen-bond donors (Lipinski definition) is 2. The lowest BCUT2D eigenvalue weighted by atomic mass is 10.1. The van der Waals surface area contributed by atoms with E-state index in [1.54, 1.807) is 25.1 Å². The van der Waals surface area contributed by atoms with Crippen LogP contribution >= 0.6 is 0 Å². The molecule has 0 spiro atoms. The third kappa shape index (κ3) is 2.68. The number of carbonyl (C=O) groups is 2. The summed E-state index contributed by atoms with van der Waals surface area (Å²) in [5.41, 5.74) is 12.7. The van der Waals surface area contributed by atoms with Crippen LogP contribution in [-0.4, -0.2) is 31.1 Å². The van der Waals surface area contributed by atoms with Gasteiger partial charge in [-0.25, -0.2) is 4.79 Å². The van der Waals surface area contributed by atoms with E-state index in [9.17, 15) is 9.59 Å². The van der Waals surface area contributed by atoms with E-state index in [0.717, 1.165) is 25.1 Å². The van der Waals surface area contributed by atoms with Gasteiger partial charge in [-0.1, -0.05) is 0 Å². The molecule has 0 saturated carbocycles. The highest BCUT2D eigenvalue weighted by molar-refractivity contribution is 5.96. The molecule has 0 aliphatic carbocycles. The van der Waals surface area contributed by atoms with Gasteiger partial charge >= 0.3 is 5.97 Å². The molecule has 6 heteroatoms. The molecular weight excluding hydrogens is 258 g/mol. The molecule has 1 aliphatic rings. The highest BCUT2D eigenvalue weighted by Gasteiger charge is 2.29. The van der Waals surface area contributed by atoms with Gasteiger partial charge in [-0.05, 0) is 38.0 Å². The lowest BCUT2D eigenvalue weighted by Gasteiger charge is -2.25. The van der Waals surface area contributed by atoms with Gasteiger partial charge in [-0.15, -0.1) is 0 Å². The van der Waals surface area contributed by atoms with E-state index in [1.165, 1.54) is 0 Å². The molecule has 1 heterocycles. The van der Waals surface area contributed by atoms with Gasteiger partial charge in [0.1, 0.15) is 6.04 Å². The van der Waals surface area contributed by atoms with E-state index in [-0.39, 0.29) is 18.6 Å². The van der Waals surface area contributed by atoms with Crippen molar-refractivity contribution in [3.63, 3.8) is 0 Å². The Kier molecular flexibility index (Phi) is 4.12. The molecule has 1 aliphatic heterocycles. The van der Waals surface area contributed by atoms with Crippen molar-refractivity contribution in [2.75, 3.05) is 23.8 Å². The molecule has 0 bridgehead atoms. The fourth-order valence-corrected chi connectivity index (χ4v) is 2.48. The Bertz CT molecular complexity index is 530. The minimum Gasteiger partial charge on any atom is -0.462 e. The smallest absolute Gasteiger partial charge is 0.340 e. The number of nitrogens with zero attached hydrogens (tertiary/aromatic N) is 1. The summed E-state index contributed by atoms with van der Waals surface area (Å²) >= 11 is 0. The van der Waals surface area contributed by atoms with Gasteiger partial charge in [-0.2, -0.15) is 0 Å². The first-order chi connectivity index (χ1) is 9.54. The molecule has 1 unspecified atom stereocenters. The van der Waals surface area contributed by atoms with E-state index >= 15 is 0 Å². The number of benzene rings is 1. The Morgan fingerprint density at radius 3 is 2.85 bits per heavy atom. The summed E-state index contributed by atoms with van der Waals surface area (Å²) in [5, 5.41) is 0. The Labute approximate surface area is 117 Å². The average molecular weight is 277 g/mol. The number of rotatable bonds is 4. The molecule has 0 radical (unpaired) electrons. The van der Waals surface area contributed by atoms with Crippen molar-refractivity contribution < 1.29 is 14.3 Å². The SMILES string of the molecule is CCOC(=O)c1cc(N2CCCC2C(N)=O)ccc1N. The molecule has 1 fully saturated rings. The first-order valence-electron chi connectivity index (χ1n) is 6.67. The van der Waals surface area contributed by atoms with Crippen LogP contribution in [0.4, 0.5) is 11.4 Å². The van der Waals surface area contributed by atoms with Crippen LogP contribution in [0.25, 0.3) is 0 Å². The highest BCUT2D eigenvalue weighted by Crippen LogP contribution is 2.28. The van der Waals surface area contributed by atoms with Crippen LogP contribution in [0.3, 0.4) is 0 Å². The molecule has 1 amide bonds. The van der Waals surface area contributed by atoms with Gasteiger partial charge in [0.25, 0.3) is 0 Å². The fourth-order valence-electron chi connectivity index (χ4n) is 2.48. The second-order valence-corrected chi connectivity index (χ2v) is 4.75. The van der Waals surface area contributed by atoms with E-state index in [0.29, 0.717) is 11.3 Å². The van der Waals surface area contributed by atoms with Gasteiger partial charge in [0.15, 0.2) is 0 Å². The zero-order valence-corrected chi connectivity index (χ0v) is 11.5. The molecule has 1 aromatic carbocycles. The van der Waals surface area contributed by atoms with Crippen LogP contribution in [0.1, 0.15) is 30.1 Å². The molecule has 2 rings (SSSR count). The van der Waals surface area contributed by atoms with Crippen molar-refractivity contribution in [2.24, 2.45) is 5.73 Å². The molecule has 108 valence electrons. The van der Waals surface area contributed by atoms with E-state index in [1.807, 2.05) is 4.90 Å². The van der Waals surface area contributed by atoms with Crippen molar-refractivity contribution in [3.8, 4) is 0 Å². The van der Waals surface area contributed by atoms with Crippen LogP contribution in [0.2, 0.25) is 0 Å². The number of amides is 1. The van der Waals surface area contributed by atoms with Crippen LogP contribution in [-0.2, 0) is 9.53 Å². The number of nitrogens with two attached hydrogens (primary N) is 2. The first kappa shape index (κ1) is 14.2. The topological polar surface area (TPSA) is 98.6 Å². The summed E-state index contributed by atoms with van der Waals surface area (Å²) < 4.78 is 4.97. The predicted octanol–water partition coefficient (Wildman–Crippen LogP) is 0.900. The van der Waals surface area contributed by atoms with E-state index in [4.69, 9.17) is 16.2 Å². The number of hydrogen-bond acceptors (Lipinski definition) is 5. The Hall–Kier alpha value is -2.24. The maximum absolute atomic E-state index is 11.8. The fraction of sp³-hybridized carbons (Fsp3) is 0.429. The summed E-state index contributed by atoms with van der Waals surface area (Å²) in [4.78, 5) is 25.2. The number of primary amides is 1. The molecule has 1 atom stereocenters. The summed E-state index contributed by atoms with van der Waals surface area (Å²) in [7, 11) is 0.